The van der Waals surface area contributed by atoms with Crippen LogP contribution < -0.4 is 16.6 Å². The van der Waals surface area contributed by atoms with Gasteiger partial charge in [-0.05, 0) is 18.2 Å². The molecular formula is C23H25FN6O6S. The number of hydrogen-bond donors (Lipinski definition) is 1. The lowest BCUT2D eigenvalue weighted by Gasteiger charge is -2.25. The van der Waals surface area contributed by atoms with Gasteiger partial charge in [-0.2, -0.15) is 4.98 Å². The molecule has 1 aliphatic heterocycles. The Morgan fingerprint density at radius 3 is 2.54 bits per heavy atom. The summed E-state index contributed by atoms with van der Waals surface area (Å²) in [5, 5.41) is 2.29. The van der Waals surface area contributed by atoms with E-state index in [4.69, 9.17) is 4.74 Å². The van der Waals surface area contributed by atoms with Crippen LogP contribution in [0.15, 0.2) is 32.9 Å². The van der Waals surface area contributed by atoms with Gasteiger partial charge in [-0.15, -0.1) is 0 Å². The minimum absolute atomic E-state index is 0.0691. The van der Waals surface area contributed by atoms with Crippen molar-refractivity contribution < 1.29 is 22.3 Å². The van der Waals surface area contributed by atoms with Crippen LogP contribution in [-0.4, -0.2) is 77.0 Å². The molecule has 4 rings (SSSR count). The average Bonchev–Trinajstić information content (AvgIpc) is 3.17. The number of sulfone groups is 1. The van der Waals surface area contributed by atoms with Gasteiger partial charge in [0.05, 0.1) is 26.3 Å². The number of amides is 1. The summed E-state index contributed by atoms with van der Waals surface area (Å²) in [5.41, 5.74) is -1.15. The fourth-order valence-corrected chi connectivity index (χ4v) is 4.84. The molecule has 1 fully saturated rings. The van der Waals surface area contributed by atoms with Crippen LogP contribution in [0.1, 0.15) is 5.56 Å². The zero-order chi connectivity index (χ0) is 26.9. The zero-order valence-electron chi connectivity index (χ0n) is 20.4. The first kappa shape index (κ1) is 26.3. The van der Waals surface area contributed by atoms with Gasteiger partial charge in [0.25, 0.3) is 5.56 Å². The van der Waals surface area contributed by atoms with Crippen molar-refractivity contribution in [3.8, 4) is 11.8 Å². The summed E-state index contributed by atoms with van der Waals surface area (Å²) < 4.78 is 46.7. The normalized spacial score (nSPS) is 14.4. The number of imidazole rings is 1. The first-order valence-corrected chi connectivity index (χ1v) is 13.1. The molecule has 1 aromatic carbocycles. The van der Waals surface area contributed by atoms with Gasteiger partial charge in [-0.1, -0.05) is 11.8 Å². The van der Waals surface area contributed by atoms with Crippen molar-refractivity contribution in [1.29, 1.82) is 0 Å². The maximum Gasteiger partial charge on any atom is 0.333 e. The third kappa shape index (κ3) is 5.63. The topological polar surface area (TPSA) is 138 Å². The number of nitrogens with zero attached hydrogens (tertiary/aromatic N) is 5. The number of benzene rings is 1. The average molecular weight is 533 g/mol. The standard InChI is InChI=1S/C23H25FN6O6S/c1-27-19-20(26-22(27)37(3,34)35)30(23(33)28(2)21(19)32)6-4-5-15-11-16(24)13-17(12-15)25-18(31)14-29-7-9-36-10-8-29/h11-13H,6-10,14H2,1-3H3,(H,25,31). The molecule has 0 atom stereocenters. The number of carbonyl (C=O) groups excluding carboxylic acids is 1. The SMILES string of the molecule is Cn1c(=O)c2c(nc(S(C)(=O)=O)n2C)n(CC#Cc2cc(F)cc(NC(=O)CN3CCOCC3)c2)c1=O. The van der Waals surface area contributed by atoms with Crippen molar-refractivity contribution in [3.63, 3.8) is 0 Å². The highest BCUT2D eigenvalue weighted by Gasteiger charge is 2.23. The summed E-state index contributed by atoms with van der Waals surface area (Å²) in [5.74, 6) is 4.56. The maximum absolute atomic E-state index is 14.2. The van der Waals surface area contributed by atoms with Crippen molar-refractivity contribution in [2.45, 2.75) is 11.7 Å². The largest absolute Gasteiger partial charge is 0.379 e. The number of aromatic nitrogens is 4. The van der Waals surface area contributed by atoms with Crippen molar-refractivity contribution in [1.82, 2.24) is 23.6 Å². The van der Waals surface area contributed by atoms with E-state index in [0.717, 1.165) is 20.0 Å². The van der Waals surface area contributed by atoms with Crippen molar-refractivity contribution in [2.24, 2.45) is 14.1 Å². The minimum Gasteiger partial charge on any atom is -0.379 e. The molecule has 2 aromatic heterocycles. The molecule has 196 valence electrons. The Kier molecular flexibility index (Phi) is 7.30. The minimum atomic E-state index is -3.78. The van der Waals surface area contributed by atoms with Gasteiger partial charge < -0.3 is 14.6 Å². The van der Waals surface area contributed by atoms with E-state index in [2.05, 4.69) is 22.1 Å². The molecule has 1 aliphatic rings. The highest BCUT2D eigenvalue weighted by atomic mass is 32.2. The second kappa shape index (κ2) is 10.3. The predicted octanol–water partition coefficient (Wildman–Crippen LogP) is -0.701. The molecule has 0 spiro atoms. The molecule has 1 saturated heterocycles. The van der Waals surface area contributed by atoms with Crippen LogP contribution in [-0.2, 0) is 40.0 Å². The van der Waals surface area contributed by atoms with Crippen molar-refractivity contribution >= 4 is 32.6 Å². The van der Waals surface area contributed by atoms with Crippen LogP contribution in [0, 0.1) is 17.7 Å². The number of rotatable bonds is 5. The zero-order valence-corrected chi connectivity index (χ0v) is 21.3. The van der Waals surface area contributed by atoms with Crippen LogP contribution >= 0.6 is 0 Å². The second-order valence-electron chi connectivity index (χ2n) is 8.60. The van der Waals surface area contributed by atoms with Crippen LogP contribution in [0.25, 0.3) is 11.2 Å². The second-order valence-corrected chi connectivity index (χ2v) is 10.5. The van der Waals surface area contributed by atoms with Gasteiger partial charge in [0.2, 0.25) is 20.9 Å². The number of hydrogen-bond acceptors (Lipinski definition) is 8. The van der Waals surface area contributed by atoms with E-state index >= 15 is 0 Å². The number of halogens is 1. The van der Waals surface area contributed by atoms with E-state index in [1.807, 2.05) is 4.90 Å². The lowest BCUT2D eigenvalue weighted by molar-refractivity contribution is -0.118. The Bertz CT molecular complexity index is 1670. The first-order chi connectivity index (χ1) is 17.5. The van der Waals surface area contributed by atoms with Gasteiger partial charge in [-0.25, -0.2) is 17.6 Å². The molecule has 0 bridgehead atoms. The lowest BCUT2D eigenvalue weighted by atomic mass is 10.2. The van der Waals surface area contributed by atoms with E-state index in [0.29, 0.717) is 26.3 Å². The highest BCUT2D eigenvalue weighted by molar-refractivity contribution is 7.90. The summed E-state index contributed by atoms with van der Waals surface area (Å²) >= 11 is 0. The van der Waals surface area contributed by atoms with Crippen LogP contribution in [0.3, 0.4) is 0 Å². The fourth-order valence-electron chi connectivity index (χ4n) is 4.00. The summed E-state index contributed by atoms with van der Waals surface area (Å²) in [6.07, 6.45) is 0.947. The van der Waals surface area contributed by atoms with E-state index in [-0.39, 0.29) is 46.6 Å². The number of nitrogens with one attached hydrogen (secondary N) is 1. The molecule has 0 saturated carbocycles. The highest BCUT2D eigenvalue weighted by Crippen LogP contribution is 2.15. The smallest absolute Gasteiger partial charge is 0.333 e. The first-order valence-electron chi connectivity index (χ1n) is 11.2. The van der Waals surface area contributed by atoms with Gasteiger partial charge in [-0.3, -0.25) is 23.6 Å². The monoisotopic (exact) mass is 532 g/mol. The third-order valence-electron chi connectivity index (χ3n) is 5.77. The van der Waals surface area contributed by atoms with E-state index < -0.39 is 26.9 Å². The lowest BCUT2D eigenvalue weighted by Crippen LogP contribution is -2.41. The quantitative estimate of drug-likeness (QED) is 0.426. The molecule has 0 radical (unpaired) electrons. The van der Waals surface area contributed by atoms with E-state index in [1.54, 1.807) is 0 Å². The summed E-state index contributed by atoms with van der Waals surface area (Å²) in [4.78, 5) is 43.7. The predicted molar refractivity (Wildman–Crippen MR) is 132 cm³/mol. The summed E-state index contributed by atoms with van der Waals surface area (Å²) in [7, 11) is -1.15. The number of ether oxygens (including phenoxy) is 1. The molecule has 3 heterocycles. The van der Waals surface area contributed by atoms with Crippen LogP contribution in [0.2, 0.25) is 0 Å². The van der Waals surface area contributed by atoms with Gasteiger partial charge in [0, 0.05) is 44.7 Å². The molecule has 0 aliphatic carbocycles. The summed E-state index contributed by atoms with van der Waals surface area (Å²) in [6, 6.07) is 3.84. The molecule has 12 nitrogen and oxygen atoms in total. The maximum atomic E-state index is 14.2. The van der Waals surface area contributed by atoms with Gasteiger partial charge in [0.15, 0.2) is 11.2 Å². The van der Waals surface area contributed by atoms with Gasteiger partial charge >= 0.3 is 5.69 Å². The van der Waals surface area contributed by atoms with Crippen LogP contribution in [0.4, 0.5) is 10.1 Å². The van der Waals surface area contributed by atoms with E-state index in [9.17, 15) is 27.2 Å². The fraction of sp³-hybridized carbons (Fsp3) is 0.391. The third-order valence-corrected chi connectivity index (χ3v) is 6.80. The molecule has 0 unspecified atom stereocenters. The molecule has 1 N–H and O–H groups in total. The Balaban J connectivity index is 1.61. The molecule has 37 heavy (non-hydrogen) atoms. The number of fused-ring (bicyclic) bond motifs is 1. The van der Waals surface area contributed by atoms with E-state index in [1.165, 1.54) is 32.3 Å². The molecule has 1 amide bonds. The van der Waals surface area contributed by atoms with Gasteiger partial charge in [0.1, 0.15) is 5.82 Å². The molecule has 3 aromatic rings. The molecular weight excluding hydrogens is 507 g/mol. The Morgan fingerprint density at radius 2 is 1.86 bits per heavy atom. The number of anilines is 1. The summed E-state index contributed by atoms with van der Waals surface area (Å²) in [6.45, 7) is 2.25. The van der Waals surface area contributed by atoms with Crippen molar-refractivity contribution in [2.75, 3.05) is 44.4 Å². The number of carbonyl (C=O) groups is 1. The Hall–Kier alpha value is -3.80. The Morgan fingerprint density at radius 1 is 1.16 bits per heavy atom. The van der Waals surface area contributed by atoms with Crippen LogP contribution in [0.5, 0.6) is 0 Å². The number of morpholine rings is 1. The molecule has 14 heteroatoms. The van der Waals surface area contributed by atoms with Crippen molar-refractivity contribution in [3.05, 3.63) is 50.4 Å². The number of aryl methyl sites for hydroxylation is 1. The Labute approximate surface area is 211 Å².